The third-order valence-electron chi connectivity index (χ3n) is 3.75. The van der Waals surface area contributed by atoms with Crippen LogP contribution in [0.1, 0.15) is 30.7 Å². The van der Waals surface area contributed by atoms with E-state index < -0.39 is 5.97 Å². The molecule has 0 aliphatic heterocycles. The standard InChI is InChI=1S/C15H15BrN2O2/c16-14-7-8-17-18(14)12-5-3-11(4-6-12)13(9-15(19)20)10-1-2-10/h3-8,10,13H,1-2,9H2,(H,19,20). The van der Waals surface area contributed by atoms with E-state index in [-0.39, 0.29) is 12.3 Å². The summed E-state index contributed by atoms with van der Waals surface area (Å²) in [6.45, 7) is 0. The summed E-state index contributed by atoms with van der Waals surface area (Å²) in [6.07, 6.45) is 4.24. The second kappa shape index (κ2) is 5.40. The van der Waals surface area contributed by atoms with E-state index in [0.29, 0.717) is 5.92 Å². The molecule has 1 saturated carbocycles. The van der Waals surface area contributed by atoms with Crippen molar-refractivity contribution < 1.29 is 9.90 Å². The largest absolute Gasteiger partial charge is 0.481 e. The van der Waals surface area contributed by atoms with Gasteiger partial charge < -0.3 is 5.11 Å². The lowest BCUT2D eigenvalue weighted by atomic mass is 9.91. The Labute approximate surface area is 125 Å². The molecular weight excluding hydrogens is 320 g/mol. The Kier molecular flexibility index (Phi) is 3.61. The van der Waals surface area contributed by atoms with Crippen LogP contribution in [0.5, 0.6) is 0 Å². The molecule has 3 rings (SSSR count). The third-order valence-corrected chi connectivity index (χ3v) is 4.35. The molecule has 0 bridgehead atoms. The van der Waals surface area contributed by atoms with Gasteiger partial charge in [0.2, 0.25) is 0 Å². The minimum atomic E-state index is -0.721. The third kappa shape index (κ3) is 2.77. The van der Waals surface area contributed by atoms with Gasteiger partial charge in [-0.2, -0.15) is 5.10 Å². The van der Waals surface area contributed by atoms with E-state index in [9.17, 15) is 4.79 Å². The molecule has 104 valence electrons. The van der Waals surface area contributed by atoms with E-state index in [2.05, 4.69) is 21.0 Å². The highest BCUT2D eigenvalue weighted by molar-refractivity contribution is 9.10. The van der Waals surface area contributed by atoms with E-state index >= 15 is 0 Å². The van der Waals surface area contributed by atoms with Crippen LogP contribution in [0.4, 0.5) is 0 Å². The van der Waals surface area contributed by atoms with Crippen LogP contribution >= 0.6 is 15.9 Å². The summed E-state index contributed by atoms with van der Waals surface area (Å²) in [4.78, 5) is 11.0. The normalized spacial score (nSPS) is 16.1. The fourth-order valence-corrected chi connectivity index (χ4v) is 3.00. The Hall–Kier alpha value is -1.62. The number of aliphatic carboxylic acids is 1. The van der Waals surface area contributed by atoms with Crippen molar-refractivity contribution in [1.29, 1.82) is 0 Å². The molecule has 0 spiro atoms. The number of benzene rings is 1. The first-order valence-electron chi connectivity index (χ1n) is 6.67. The lowest BCUT2D eigenvalue weighted by Gasteiger charge is -2.15. The number of rotatable bonds is 5. The zero-order chi connectivity index (χ0) is 14.1. The second-order valence-electron chi connectivity index (χ2n) is 5.20. The number of nitrogens with zero attached hydrogens (tertiary/aromatic N) is 2. The predicted molar refractivity (Wildman–Crippen MR) is 79.0 cm³/mol. The summed E-state index contributed by atoms with van der Waals surface area (Å²) < 4.78 is 2.70. The van der Waals surface area contributed by atoms with Gasteiger partial charge in [-0.05, 0) is 64.4 Å². The Morgan fingerprint density at radius 1 is 1.35 bits per heavy atom. The second-order valence-corrected chi connectivity index (χ2v) is 6.01. The molecule has 5 heteroatoms. The topological polar surface area (TPSA) is 55.1 Å². The molecule has 2 aromatic rings. The summed E-state index contributed by atoms with van der Waals surface area (Å²) in [6, 6.07) is 9.91. The van der Waals surface area contributed by atoms with Crippen LogP contribution in [-0.2, 0) is 4.79 Å². The molecule has 1 unspecified atom stereocenters. The zero-order valence-corrected chi connectivity index (χ0v) is 12.5. The molecule has 1 N–H and O–H groups in total. The summed E-state index contributed by atoms with van der Waals surface area (Å²) in [5, 5.41) is 13.3. The fraction of sp³-hybridized carbons (Fsp3) is 0.333. The van der Waals surface area contributed by atoms with Gasteiger partial charge in [0.15, 0.2) is 0 Å². The van der Waals surface area contributed by atoms with Crippen LogP contribution < -0.4 is 0 Å². The van der Waals surface area contributed by atoms with Crippen molar-refractivity contribution in [3.05, 3.63) is 46.7 Å². The molecule has 1 aliphatic carbocycles. The Morgan fingerprint density at radius 3 is 2.55 bits per heavy atom. The fourth-order valence-electron chi connectivity index (χ4n) is 2.58. The highest BCUT2D eigenvalue weighted by Crippen LogP contribution is 2.44. The molecular formula is C15H15BrN2O2. The van der Waals surface area contributed by atoms with Crippen molar-refractivity contribution in [2.45, 2.75) is 25.2 Å². The number of aromatic nitrogens is 2. The van der Waals surface area contributed by atoms with E-state index in [1.807, 2.05) is 30.3 Å². The van der Waals surface area contributed by atoms with Crippen molar-refractivity contribution in [1.82, 2.24) is 9.78 Å². The van der Waals surface area contributed by atoms with Gasteiger partial charge in [-0.3, -0.25) is 4.79 Å². The van der Waals surface area contributed by atoms with E-state index in [1.54, 1.807) is 10.9 Å². The molecule has 1 aromatic carbocycles. The highest BCUT2D eigenvalue weighted by atomic mass is 79.9. The summed E-state index contributed by atoms with van der Waals surface area (Å²) in [5.41, 5.74) is 2.08. The quantitative estimate of drug-likeness (QED) is 0.908. The maximum atomic E-state index is 11.0. The van der Waals surface area contributed by atoms with Gasteiger partial charge in [0.1, 0.15) is 4.60 Å². The molecule has 1 fully saturated rings. The van der Waals surface area contributed by atoms with Gasteiger partial charge in [-0.1, -0.05) is 12.1 Å². The first-order valence-corrected chi connectivity index (χ1v) is 7.46. The van der Waals surface area contributed by atoms with Crippen LogP contribution in [0.15, 0.2) is 41.1 Å². The summed E-state index contributed by atoms with van der Waals surface area (Å²) >= 11 is 3.44. The maximum Gasteiger partial charge on any atom is 0.303 e. The van der Waals surface area contributed by atoms with Gasteiger partial charge in [0.25, 0.3) is 0 Å². The van der Waals surface area contributed by atoms with Gasteiger partial charge in [-0.15, -0.1) is 0 Å². The maximum absolute atomic E-state index is 11.0. The Bertz CT molecular complexity index is 617. The van der Waals surface area contributed by atoms with Gasteiger partial charge in [0, 0.05) is 0 Å². The van der Waals surface area contributed by atoms with Crippen LogP contribution in [0, 0.1) is 5.92 Å². The van der Waals surface area contributed by atoms with Crippen molar-refractivity contribution in [2.24, 2.45) is 5.92 Å². The predicted octanol–water partition coefficient (Wildman–Crippen LogP) is 3.60. The van der Waals surface area contributed by atoms with E-state index in [4.69, 9.17) is 5.11 Å². The van der Waals surface area contributed by atoms with Gasteiger partial charge in [-0.25, -0.2) is 4.68 Å². The smallest absolute Gasteiger partial charge is 0.303 e. The SMILES string of the molecule is O=C(O)CC(c1ccc(-n2nccc2Br)cc1)C1CC1. The van der Waals surface area contributed by atoms with Crippen molar-refractivity contribution in [3.8, 4) is 5.69 Å². The minimum Gasteiger partial charge on any atom is -0.481 e. The highest BCUT2D eigenvalue weighted by Gasteiger charge is 2.33. The molecule has 0 radical (unpaired) electrons. The summed E-state index contributed by atoms with van der Waals surface area (Å²) in [7, 11) is 0. The molecule has 1 aliphatic rings. The van der Waals surface area contributed by atoms with Crippen molar-refractivity contribution >= 4 is 21.9 Å². The molecule has 1 aromatic heterocycles. The zero-order valence-electron chi connectivity index (χ0n) is 10.9. The van der Waals surface area contributed by atoms with Gasteiger partial charge in [0.05, 0.1) is 18.3 Å². The number of halogens is 1. The van der Waals surface area contributed by atoms with Crippen molar-refractivity contribution in [2.75, 3.05) is 0 Å². The average Bonchev–Trinajstić information content (AvgIpc) is 3.18. The van der Waals surface area contributed by atoms with Crippen LogP contribution in [0.3, 0.4) is 0 Å². The summed E-state index contributed by atoms with van der Waals surface area (Å²) in [5.74, 6) is -0.0446. The number of hydrogen-bond donors (Lipinski definition) is 1. The molecule has 20 heavy (non-hydrogen) atoms. The molecule has 0 amide bonds. The van der Waals surface area contributed by atoms with Crippen LogP contribution in [-0.4, -0.2) is 20.9 Å². The monoisotopic (exact) mass is 334 g/mol. The first-order chi connectivity index (χ1) is 9.65. The van der Waals surface area contributed by atoms with E-state index in [1.165, 1.54) is 0 Å². The number of carboxylic acid groups (broad SMARTS) is 1. The Balaban J connectivity index is 1.84. The number of carbonyl (C=O) groups is 1. The van der Waals surface area contributed by atoms with E-state index in [0.717, 1.165) is 28.7 Å². The molecule has 4 nitrogen and oxygen atoms in total. The minimum absolute atomic E-state index is 0.141. The number of hydrogen-bond acceptors (Lipinski definition) is 2. The lowest BCUT2D eigenvalue weighted by molar-refractivity contribution is -0.137. The molecule has 1 atom stereocenters. The van der Waals surface area contributed by atoms with Crippen LogP contribution in [0.2, 0.25) is 0 Å². The Morgan fingerprint density at radius 2 is 2.05 bits per heavy atom. The number of carboxylic acids is 1. The van der Waals surface area contributed by atoms with Crippen LogP contribution in [0.25, 0.3) is 5.69 Å². The average molecular weight is 335 g/mol. The van der Waals surface area contributed by atoms with Crippen molar-refractivity contribution in [3.63, 3.8) is 0 Å². The molecule has 1 heterocycles. The first kappa shape index (κ1) is 13.4. The molecule has 0 saturated heterocycles. The van der Waals surface area contributed by atoms with Gasteiger partial charge >= 0.3 is 5.97 Å². The lowest BCUT2D eigenvalue weighted by Crippen LogP contribution is -2.08.